The topological polar surface area (TPSA) is 74.6 Å². The first-order valence-corrected chi connectivity index (χ1v) is 6.91. The van der Waals surface area contributed by atoms with Crippen LogP contribution < -0.4 is 5.32 Å². The molecule has 0 bridgehead atoms. The quantitative estimate of drug-likeness (QED) is 0.473. The summed E-state index contributed by atoms with van der Waals surface area (Å²) in [5, 5.41) is 16.8. The van der Waals surface area contributed by atoms with Crippen molar-refractivity contribution in [2.75, 3.05) is 5.32 Å². The number of nitrogens with zero attached hydrogens (tertiary/aromatic N) is 2. The molecule has 0 fully saturated rings. The van der Waals surface area contributed by atoms with Gasteiger partial charge >= 0.3 is 0 Å². The van der Waals surface area contributed by atoms with Gasteiger partial charge < -0.3 is 10.5 Å². The number of nitrogens with one attached hydrogen (secondary N) is 1. The average Bonchev–Trinajstić information content (AvgIpc) is 2.83. The molecule has 6 heteroatoms. The lowest BCUT2D eigenvalue weighted by molar-refractivity contribution is -0.119. The molecule has 1 amide bonds. The Morgan fingerprint density at radius 1 is 1.67 bits per heavy atom. The van der Waals surface area contributed by atoms with Crippen molar-refractivity contribution in [3.8, 4) is 0 Å². The van der Waals surface area contributed by atoms with Crippen LogP contribution in [0.5, 0.6) is 0 Å². The molecule has 0 radical (unpaired) electrons. The van der Waals surface area contributed by atoms with Crippen molar-refractivity contribution in [3.63, 3.8) is 0 Å². The lowest BCUT2D eigenvalue weighted by Gasteiger charge is -2.09. The van der Waals surface area contributed by atoms with Crippen LogP contribution in [-0.2, 0) is 4.79 Å². The lowest BCUT2D eigenvalue weighted by atomic mass is 10.0. The van der Waals surface area contributed by atoms with Crippen LogP contribution in [0.1, 0.15) is 45.7 Å². The van der Waals surface area contributed by atoms with E-state index in [4.69, 9.17) is 5.21 Å². The normalized spacial score (nSPS) is 13.4. The molecule has 1 heterocycles. The molecule has 0 saturated heterocycles. The van der Waals surface area contributed by atoms with Crippen LogP contribution in [0.25, 0.3) is 0 Å². The van der Waals surface area contributed by atoms with E-state index in [0.717, 1.165) is 19.3 Å². The Bertz CT molecular complexity index is 429. The Morgan fingerprint density at radius 3 is 3.00 bits per heavy atom. The predicted molar refractivity (Wildman–Crippen MR) is 73.4 cm³/mol. The molecular weight excluding hydrogens is 250 g/mol. The zero-order valence-corrected chi connectivity index (χ0v) is 11.8. The first kappa shape index (κ1) is 14.6. The van der Waals surface area contributed by atoms with Crippen LogP contribution in [0.3, 0.4) is 0 Å². The van der Waals surface area contributed by atoms with Crippen LogP contribution in [-0.4, -0.2) is 21.8 Å². The molecule has 1 aromatic rings. The third-order valence-corrected chi connectivity index (χ3v) is 3.45. The van der Waals surface area contributed by atoms with Crippen LogP contribution >= 0.6 is 11.3 Å². The van der Waals surface area contributed by atoms with Crippen molar-refractivity contribution in [3.05, 3.63) is 11.1 Å². The van der Waals surface area contributed by atoms with E-state index in [1.165, 1.54) is 11.3 Å². The summed E-state index contributed by atoms with van der Waals surface area (Å²) in [5.74, 6) is -0.0205. The monoisotopic (exact) mass is 269 g/mol. The smallest absolute Gasteiger partial charge is 0.228 e. The van der Waals surface area contributed by atoms with Gasteiger partial charge in [-0.2, -0.15) is 0 Å². The number of oxime groups is 1. The highest BCUT2D eigenvalue weighted by Gasteiger charge is 2.14. The summed E-state index contributed by atoms with van der Waals surface area (Å²) in [4.78, 5) is 16.0. The fourth-order valence-electron chi connectivity index (χ4n) is 1.42. The number of aromatic nitrogens is 1. The van der Waals surface area contributed by atoms with Gasteiger partial charge in [0.1, 0.15) is 11.4 Å². The average molecular weight is 269 g/mol. The molecule has 1 atom stereocenters. The molecule has 2 N–H and O–H groups in total. The van der Waals surface area contributed by atoms with Crippen LogP contribution in [0, 0.1) is 5.92 Å². The highest BCUT2D eigenvalue weighted by Crippen LogP contribution is 2.18. The third-order valence-electron chi connectivity index (χ3n) is 2.69. The van der Waals surface area contributed by atoms with Crippen LogP contribution in [0.4, 0.5) is 5.13 Å². The number of anilines is 1. The summed E-state index contributed by atoms with van der Waals surface area (Å²) in [7, 11) is 0. The van der Waals surface area contributed by atoms with E-state index in [1.54, 1.807) is 12.3 Å². The van der Waals surface area contributed by atoms with Crippen molar-refractivity contribution in [1.29, 1.82) is 0 Å². The first-order valence-electron chi connectivity index (χ1n) is 6.03. The molecule has 18 heavy (non-hydrogen) atoms. The third kappa shape index (κ3) is 4.10. The Kier molecular flexibility index (Phi) is 5.77. The highest BCUT2D eigenvalue weighted by atomic mass is 32.1. The molecule has 1 rings (SSSR count). The van der Waals surface area contributed by atoms with E-state index < -0.39 is 0 Å². The van der Waals surface area contributed by atoms with Crippen molar-refractivity contribution >= 4 is 28.1 Å². The van der Waals surface area contributed by atoms with Crippen LogP contribution in [0.2, 0.25) is 0 Å². The van der Waals surface area contributed by atoms with E-state index in [9.17, 15) is 4.79 Å². The van der Waals surface area contributed by atoms with Gasteiger partial charge in [0.05, 0.1) is 0 Å². The standard InChI is InChI=1S/C12H19N3O2S/c1-4-5-6-8(2)11(16)14-12-13-10(7-18-12)9(3)15-17/h7-8,17H,4-6H2,1-3H3,(H,13,14,16). The fraction of sp³-hybridized carbons (Fsp3) is 0.583. The van der Waals surface area contributed by atoms with Crippen molar-refractivity contribution in [2.24, 2.45) is 11.1 Å². The Labute approximate surface area is 111 Å². The Morgan fingerprint density at radius 2 is 2.39 bits per heavy atom. The number of thiazole rings is 1. The molecule has 0 aliphatic rings. The van der Waals surface area contributed by atoms with Crippen molar-refractivity contribution in [2.45, 2.75) is 40.0 Å². The molecular formula is C12H19N3O2S. The molecule has 0 saturated carbocycles. The van der Waals surface area contributed by atoms with Gasteiger partial charge in [0.2, 0.25) is 5.91 Å². The summed E-state index contributed by atoms with van der Waals surface area (Å²) in [6.07, 6.45) is 3.02. The van der Waals surface area contributed by atoms with Crippen LogP contribution in [0.15, 0.2) is 10.5 Å². The lowest BCUT2D eigenvalue weighted by Crippen LogP contribution is -2.20. The second kappa shape index (κ2) is 7.10. The van der Waals surface area contributed by atoms with Gasteiger partial charge in [-0.25, -0.2) is 4.98 Å². The highest BCUT2D eigenvalue weighted by molar-refractivity contribution is 7.14. The minimum Gasteiger partial charge on any atom is -0.411 e. The van der Waals surface area contributed by atoms with E-state index in [0.29, 0.717) is 16.5 Å². The second-order valence-electron chi connectivity index (χ2n) is 4.26. The molecule has 1 unspecified atom stereocenters. The molecule has 0 spiro atoms. The van der Waals surface area contributed by atoms with E-state index in [-0.39, 0.29) is 11.8 Å². The van der Waals surface area contributed by atoms with Gasteiger partial charge in [-0.15, -0.1) is 11.3 Å². The number of hydrogen-bond acceptors (Lipinski definition) is 5. The summed E-state index contributed by atoms with van der Waals surface area (Å²) in [6.45, 7) is 5.68. The number of hydrogen-bond donors (Lipinski definition) is 2. The molecule has 1 aromatic heterocycles. The molecule has 0 aliphatic heterocycles. The van der Waals surface area contributed by atoms with E-state index in [2.05, 4.69) is 22.4 Å². The number of unbranched alkanes of at least 4 members (excludes halogenated alkanes) is 1. The molecule has 0 aromatic carbocycles. The minimum atomic E-state index is -0.0112. The molecule has 0 aliphatic carbocycles. The second-order valence-corrected chi connectivity index (χ2v) is 5.11. The van der Waals surface area contributed by atoms with Crippen molar-refractivity contribution in [1.82, 2.24) is 4.98 Å². The van der Waals surface area contributed by atoms with Crippen molar-refractivity contribution < 1.29 is 10.0 Å². The maximum absolute atomic E-state index is 11.8. The maximum atomic E-state index is 11.8. The Balaban J connectivity index is 2.57. The van der Waals surface area contributed by atoms with Gasteiger partial charge in [-0.3, -0.25) is 4.79 Å². The van der Waals surface area contributed by atoms with E-state index in [1.807, 2.05) is 6.92 Å². The Hall–Kier alpha value is -1.43. The van der Waals surface area contributed by atoms with Gasteiger partial charge in [-0.1, -0.05) is 31.8 Å². The maximum Gasteiger partial charge on any atom is 0.228 e. The van der Waals surface area contributed by atoms with Gasteiger partial charge in [0, 0.05) is 11.3 Å². The first-order chi connectivity index (χ1) is 8.58. The van der Waals surface area contributed by atoms with Gasteiger partial charge in [0.15, 0.2) is 5.13 Å². The number of amides is 1. The predicted octanol–water partition coefficient (Wildman–Crippen LogP) is 3.11. The summed E-state index contributed by atoms with van der Waals surface area (Å²) >= 11 is 1.33. The number of carbonyl (C=O) groups is 1. The zero-order chi connectivity index (χ0) is 13.5. The summed E-state index contributed by atoms with van der Waals surface area (Å²) < 4.78 is 0. The largest absolute Gasteiger partial charge is 0.411 e. The number of carbonyl (C=O) groups excluding carboxylic acids is 1. The SMILES string of the molecule is CCCCC(C)C(=O)Nc1nc(C(C)=NO)cs1. The molecule has 100 valence electrons. The summed E-state index contributed by atoms with van der Waals surface area (Å²) in [6, 6.07) is 0. The minimum absolute atomic E-state index is 0.00935. The van der Waals surface area contributed by atoms with Gasteiger partial charge in [0.25, 0.3) is 0 Å². The fourth-order valence-corrected chi connectivity index (χ4v) is 2.18. The number of rotatable bonds is 6. The molecule has 5 nitrogen and oxygen atoms in total. The summed E-state index contributed by atoms with van der Waals surface area (Å²) in [5.41, 5.74) is 1.02. The zero-order valence-electron chi connectivity index (χ0n) is 10.9. The van der Waals surface area contributed by atoms with Gasteiger partial charge in [-0.05, 0) is 13.3 Å². The van der Waals surface area contributed by atoms with E-state index >= 15 is 0 Å².